The van der Waals surface area contributed by atoms with Crippen molar-refractivity contribution in [2.75, 3.05) is 13.4 Å². The molecule has 0 fully saturated rings. The van der Waals surface area contributed by atoms with Gasteiger partial charge in [0.25, 0.3) is 0 Å². The molecule has 0 saturated heterocycles. The molecule has 4 aromatic rings. The molecule has 2 unspecified atom stereocenters. The largest absolute Gasteiger partial charge is 0.469 e. The van der Waals surface area contributed by atoms with Gasteiger partial charge in [-0.2, -0.15) is 5.26 Å². The van der Waals surface area contributed by atoms with Gasteiger partial charge in [0.05, 0.1) is 24.5 Å². The van der Waals surface area contributed by atoms with Gasteiger partial charge in [-0.3, -0.25) is 9.59 Å². The van der Waals surface area contributed by atoms with Crippen LogP contribution in [-0.4, -0.2) is 28.8 Å². The van der Waals surface area contributed by atoms with Crippen LogP contribution in [0.5, 0.6) is 0 Å². The smallest absolute Gasteiger partial charge is 0.308 e. The number of hydrogen-bond acceptors (Lipinski definition) is 11. The summed E-state index contributed by atoms with van der Waals surface area (Å²) < 4.78 is 11.4. The quantitative estimate of drug-likeness (QED) is 0.0821. The summed E-state index contributed by atoms with van der Waals surface area (Å²) in [7, 11) is 1.40. The first-order valence-corrected chi connectivity index (χ1v) is 21.2. The number of thiol groups is 1. The lowest BCUT2D eigenvalue weighted by Gasteiger charge is -2.41. The van der Waals surface area contributed by atoms with Crippen molar-refractivity contribution in [1.29, 1.82) is 5.26 Å². The number of nitriles is 1. The van der Waals surface area contributed by atoms with Gasteiger partial charge in [0.15, 0.2) is 0 Å². The third-order valence-corrected chi connectivity index (χ3v) is 15.2. The molecule has 0 aliphatic carbocycles. The van der Waals surface area contributed by atoms with Crippen molar-refractivity contribution in [2.24, 2.45) is 22.7 Å². The van der Waals surface area contributed by atoms with Crippen molar-refractivity contribution in [2.45, 2.75) is 74.3 Å². The van der Waals surface area contributed by atoms with Crippen LogP contribution >= 0.6 is 82.0 Å². The molecule has 4 rings (SSSR count). The highest BCUT2D eigenvalue weighted by molar-refractivity contribution is 8.41. The number of carbonyl (C=O) groups excluding carboxylic acids is 2. The SMILES string of the molecule is COC(=O)C(CC(C)(C)C(C)(C#N)CCC(=O)OCc1cc(C)c(-c2ccc(-c3ccc(-c4sccc4C)s3)s2)s1)C(C)C.CSC(=S)S. The number of thiophene rings is 4. The highest BCUT2D eigenvalue weighted by Crippen LogP contribution is 2.48. The van der Waals surface area contributed by atoms with Gasteiger partial charge in [-0.15, -0.1) is 69.7 Å². The standard InChI is InChI=1S/C35H41NO4S4.C2H4S3/c1-21(2)25(33(38)39-8)18-34(5,6)35(7,20-36)15-13-30(37)40-19-24-17-23(4)32(42-24)29-12-10-27(44-29)26-9-11-28(43-26)31-22(3)14-16-41-31;1-5-2(3)4/h9-12,14,16-17,21,25H,13,15,18-19H2,1-8H3;1H3,(H,3,4). The number of carbonyl (C=O) groups is 2. The zero-order valence-corrected chi connectivity index (χ0v) is 35.3. The number of thiocarbonyl (C=S) groups is 1. The summed E-state index contributed by atoms with van der Waals surface area (Å²) in [4.78, 5) is 33.8. The van der Waals surface area contributed by atoms with Crippen molar-refractivity contribution in [3.05, 3.63) is 57.8 Å². The van der Waals surface area contributed by atoms with Gasteiger partial charge in [0, 0.05) is 40.6 Å². The highest BCUT2D eigenvalue weighted by Gasteiger charge is 2.44. The number of thioether (sulfide) groups is 1. The summed E-state index contributed by atoms with van der Waals surface area (Å²) in [5.41, 5.74) is 1.15. The van der Waals surface area contributed by atoms with Crippen LogP contribution in [0.1, 0.15) is 69.9 Å². The summed E-state index contributed by atoms with van der Waals surface area (Å²) in [6.45, 7) is 14.3. The number of nitrogens with zero attached hydrogens (tertiary/aromatic N) is 1. The Morgan fingerprint density at radius 1 is 0.980 bits per heavy atom. The number of esters is 2. The first-order chi connectivity index (χ1) is 23.0. The fourth-order valence-corrected chi connectivity index (χ4v) is 9.80. The van der Waals surface area contributed by atoms with Crippen molar-refractivity contribution in [3.63, 3.8) is 0 Å². The Hall–Kier alpha value is -1.98. The maximum Gasteiger partial charge on any atom is 0.308 e. The van der Waals surface area contributed by atoms with E-state index in [2.05, 4.69) is 86.5 Å². The molecule has 0 radical (unpaired) electrons. The summed E-state index contributed by atoms with van der Waals surface area (Å²) >= 11 is 16.8. The molecule has 49 heavy (non-hydrogen) atoms. The molecule has 0 aliphatic heterocycles. The van der Waals surface area contributed by atoms with Crippen molar-refractivity contribution >= 4 is 97.4 Å². The number of ether oxygens (including phenoxy) is 2. The van der Waals surface area contributed by atoms with Gasteiger partial charge >= 0.3 is 11.9 Å². The number of methoxy groups -OCH3 is 1. The van der Waals surface area contributed by atoms with E-state index in [-0.39, 0.29) is 36.8 Å². The molecule has 0 spiro atoms. The average molecular weight is 792 g/mol. The normalized spacial score (nSPS) is 13.2. The van der Waals surface area contributed by atoms with Gasteiger partial charge in [0.1, 0.15) is 10.1 Å². The van der Waals surface area contributed by atoms with Crippen LogP contribution < -0.4 is 0 Å². The Bertz CT molecular complexity index is 1770. The van der Waals surface area contributed by atoms with Crippen molar-refractivity contribution < 1.29 is 19.1 Å². The Balaban J connectivity index is 0.00000121. The lowest BCUT2D eigenvalue weighted by atomic mass is 9.61. The second-order valence-electron chi connectivity index (χ2n) is 13.0. The van der Waals surface area contributed by atoms with Gasteiger partial charge in [-0.05, 0) is 104 Å². The van der Waals surface area contributed by atoms with E-state index in [4.69, 9.17) is 9.47 Å². The van der Waals surface area contributed by atoms with E-state index in [1.165, 1.54) is 59.3 Å². The molecular formula is C37H45NO4S7. The van der Waals surface area contributed by atoms with E-state index in [1.54, 1.807) is 34.0 Å². The lowest BCUT2D eigenvalue weighted by molar-refractivity contribution is -0.150. The molecule has 5 nitrogen and oxygen atoms in total. The summed E-state index contributed by atoms with van der Waals surface area (Å²) in [6, 6.07) is 15.5. The Labute approximate surface area is 322 Å². The van der Waals surface area contributed by atoms with Crippen LogP contribution in [0.15, 0.2) is 41.8 Å². The van der Waals surface area contributed by atoms with Gasteiger partial charge in [-0.1, -0.05) is 39.9 Å². The topological polar surface area (TPSA) is 76.4 Å². The van der Waals surface area contributed by atoms with Crippen LogP contribution in [0.3, 0.4) is 0 Å². The first kappa shape index (κ1) is 41.4. The molecule has 4 aromatic heterocycles. The zero-order chi connectivity index (χ0) is 36.5. The van der Waals surface area contributed by atoms with E-state index >= 15 is 0 Å². The molecular weight excluding hydrogens is 747 g/mol. The molecule has 0 aliphatic rings. The second kappa shape index (κ2) is 18.5. The van der Waals surface area contributed by atoms with E-state index in [1.807, 2.05) is 52.2 Å². The molecule has 264 valence electrons. The van der Waals surface area contributed by atoms with Crippen LogP contribution in [0.4, 0.5) is 0 Å². The van der Waals surface area contributed by atoms with Crippen LogP contribution in [0.25, 0.3) is 29.3 Å². The van der Waals surface area contributed by atoms with Gasteiger partial charge in [0.2, 0.25) is 0 Å². The monoisotopic (exact) mass is 791 g/mol. The molecule has 0 amide bonds. The first-order valence-electron chi connectivity index (χ1n) is 15.8. The van der Waals surface area contributed by atoms with Gasteiger partial charge in [-0.25, -0.2) is 0 Å². The minimum Gasteiger partial charge on any atom is -0.469 e. The van der Waals surface area contributed by atoms with Crippen LogP contribution in [0.2, 0.25) is 0 Å². The average Bonchev–Trinajstić information content (AvgIpc) is 3.88. The predicted octanol–water partition coefficient (Wildman–Crippen LogP) is 12.3. The van der Waals surface area contributed by atoms with Crippen LogP contribution in [0, 0.1) is 47.8 Å². The Kier molecular flexibility index (Phi) is 15.6. The zero-order valence-electron chi connectivity index (χ0n) is 29.5. The molecule has 0 N–H and O–H groups in total. The third kappa shape index (κ3) is 11.0. The minimum absolute atomic E-state index is 0.0823. The maximum atomic E-state index is 12.8. The lowest BCUT2D eigenvalue weighted by Crippen LogP contribution is -2.39. The molecule has 0 bridgehead atoms. The molecule has 2 atom stereocenters. The molecule has 12 heteroatoms. The van der Waals surface area contributed by atoms with Gasteiger partial charge < -0.3 is 9.47 Å². The summed E-state index contributed by atoms with van der Waals surface area (Å²) in [6.07, 6.45) is 2.89. The minimum atomic E-state index is -0.817. The summed E-state index contributed by atoms with van der Waals surface area (Å²) in [5, 5.41) is 12.3. The molecule has 0 aromatic carbocycles. The number of aryl methyl sites for hydroxylation is 2. The summed E-state index contributed by atoms with van der Waals surface area (Å²) in [5.74, 6) is -0.819. The Morgan fingerprint density at radius 3 is 2.04 bits per heavy atom. The van der Waals surface area contributed by atoms with E-state index < -0.39 is 10.8 Å². The predicted molar refractivity (Wildman–Crippen MR) is 220 cm³/mol. The van der Waals surface area contributed by atoms with E-state index in [0.717, 1.165) is 4.88 Å². The molecule has 0 saturated carbocycles. The van der Waals surface area contributed by atoms with E-state index in [0.29, 0.717) is 16.4 Å². The second-order valence-corrected chi connectivity index (χ2v) is 19.8. The van der Waals surface area contributed by atoms with Crippen molar-refractivity contribution in [3.8, 4) is 35.3 Å². The Morgan fingerprint density at radius 2 is 1.55 bits per heavy atom. The number of rotatable bonds is 13. The van der Waals surface area contributed by atoms with E-state index in [9.17, 15) is 14.9 Å². The third-order valence-electron chi connectivity index (χ3n) is 8.89. The van der Waals surface area contributed by atoms with Crippen LogP contribution in [-0.2, 0) is 25.7 Å². The van der Waals surface area contributed by atoms with Crippen molar-refractivity contribution in [1.82, 2.24) is 0 Å². The fourth-order valence-electron chi connectivity index (χ4n) is 5.31. The molecule has 4 heterocycles. The maximum absolute atomic E-state index is 12.8. The highest BCUT2D eigenvalue weighted by atomic mass is 32.2. The fraction of sp³-hybridized carbons (Fsp3) is 0.459. The number of hydrogen-bond donors (Lipinski definition) is 1.